The van der Waals surface area contributed by atoms with Crippen LogP contribution in [-0.2, 0) is 34.6 Å². The smallest absolute Gasteiger partial charge is 0.484 e. The molecule has 10 heteroatoms. The third-order valence-electron chi connectivity index (χ3n) is 7.46. The lowest BCUT2D eigenvalue weighted by Crippen LogP contribution is -2.54. The summed E-state index contributed by atoms with van der Waals surface area (Å²) in [6.07, 6.45) is 4.92. The number of esters is 1. The lowest BCUT2D eigenvalue weighted by atomic mass is 9.84. The van der Waals surface area contributed by atoms with Crippen LogP contribution in [0.25, 0.3) is 10.8 Å². The molecule has 0 aliphatic heterocycles. The molecule has 42 heavy (non-hydrogen) atoms. The van der Waals surface area contributed by atoms with Crippen LogP contribution in [0.1, 0.15) is 37.7 Å². The zero-order valence-electron chi connectivity index (χ0n) is 23.8. The summed E-state index contributed by atoms with van der Waals surface area (Å²) in [7, 11) is -1.05. The van der Waals surface area contributed by atoms with Gasteiger partial charge in [0.2, 0.25) is 5.91 Å². The Morgan fingerprint density at radius 1 is 0.905 bits per heavy atom. The monoisotopic (exact) mass is 593 g/mol. The first-order chi connectivity index (χ1) is 20.4. The molecule has 0 saturated heterocycles. The van der Waals surface area contributed by atoms with Gasteiger partial charge in [-0.25, -0.2) is 4.79 Å². The van der Waals surface area contributed by atoms with E-state index in [4.69, 9.17) is 9.26 Å². The van der Waals surface area contributed by atoms with E-state index in [-0.39, 0.29) is 37.6 Å². The number of hydrogen-bond donors (Lipinski definition) is 2. The zero-order chi connectivity index (χ0) is 29.7. The Bertz CT molecular complexity index is 1360. The van der Waals surface area contributed by atoms with E-state index in [2.05, 4.69) is 15.4 Å². The Morgan fingerprint density at radius 2 is 1.62 bits per heavy atom. The van der Waals surface area contributed by atoms with Crippen molar-refractivity contribution in [3.05, 3.63) is 78.4 Å². The highest BCUT2D eigenvalue weighted by Crippen LogP contribution is 2.29. The summed E-state index contributed by atoms with van der Waals surface area (Å²) in [4.78, 5) is 38.2. The third-order valence-corrected chi connectivity index (χ3v) is 8.41. The van der Waals surface area contributed by atoms with E-state index in [9.17, 15) is 18.9 Å². The molecular weight excluding hydrogens is 555 g/mol. The molecule has 0 spiro atoms. The number of fused-ring (bicyclic) bond motifs is 1. The summed E-state index contributed by atoms with van der Waals surface area (Å²) in [5.41, 5.74) is 0.889. The summed E-state index contributed by atoms with van der Waals surface area (Å²) >= 11 is 0. The van der Waals surface area contributed by atoms with Crippen molar-refractivity contribution in [2.45, 2.75) is 50.6 Å². The molecular formula is C32H38N2O7P+. The summed E-state index contributed by atoms with van der Waals surface area (Å²) < 4.78 is 28.2. The molecule has 1 aliphatic rings. The average Bonchev–Trinajstić information content (AvgIpc) is 3.02. The number of nitrogens with one attached hydrogen (secondary N) is 2. The quantitative estimate of drug-likeness (QED) is 0.201. The fourth-order valence-corrected chi connectivity index (χ4v) is 5.95. The third kappa shape index (κ3) is 9.64. The molecule has 9 nitrogen and oxygen atoms in total. The van der Waals surface area contributed by atoms with E-state index in [0.717, 1.165) is 48.4 Å². The first-order valence-electron chi connectivity index (χ1n) is 14.3. The van der Waals surface area contributed by atoms with Crippen molar-refractivity contribution >= 4 is 36.6 Å². The van der Waals surface area contributed by atoms with Gasteiger partial charge in [-0.1, -0.05) is 79.9 Å². The summed E-state index contributed by atoms with van der Waals surface area (Å²) in [5.74, 6) is -0.714. The molecule has 3 atom stereocenters. The molecule has 3 aromatic carbocycles. The van der Waals surface area contributed by atoms with E-state index >= 15 is 0 Å². The van der Waals surface area contributed by atoms with Gasteiger partial charge < -0.3 is 20.1 Å². The number of hydrogen-bond acceptors (Lipinski definition) is 7. The van der Waals surface area contributed by atoms with Crippen LogP contribution in [0, 0.1) is 5.92 Å². The molecule has 4 rings (SSSR count). The molecule has 0 heterocycles. The first-order valence-corrected chi connectivity index (χ1v) is 15.7. The van der Waals surface area contributed by atoms with Crippen molar-refractivity contribution < 1.29 is 32.9 Å². The fraction of sp³-hybridized carbons (Fsp3) is 0.406. The van der Waals surface area contributed by atoms with Crippen LogP contribution in [0.5, 0.6) is 5.75 Å². The highest BCUT2D eigenvalue weighted by molar-refractivity contribution is 7.40. The van der Waals surface area contributed by atoms with Crippen LogP contribution in [0.15, 0.2) is 72.8 Å². The SMILES string of the molecule is COC(=O)C[P+](=O)OCC(NC(=O)[C@H](Cc1ccccc1)NC(=O)COc1ccc2ccccc2c1)C1CCCCC1. The maximum Gasteiger partial charge on any atom is 0.520 e. The van der Waals surface area contributed by atoms with Crippen molar-refractivity contribution in [2.75, 3.05) is 26.5 Å². The van der Waals surface area contributed by atoms with Crippen molar-refractivity contribution in [2.24, 2.45) is 5.92 Å². The first kappa shape index (κ1) is 31.1. The van der Waals surface area contributed by atoms with E-state index in [0.29, 0.717) is 5.75 Å². The van der Waals surface area contributed by atoms with Crippen molar-refractivity contribution in [3.8, 4) is 5.75 Å². The molecule has 0 bridgehead atoms. The predicted molar refractivity (Wildman–Crippen MR) is 160 cm³/mol. The van der Waals surface area contributed by atoms with Crippen molar-refractivity contribution in [3.63, 3.8) is 0 Å². The van der Waals surface area contributed by atoms with Crippen LogP contribution in [0.4, 0.5) is 0 Å². The summed E-state index contributed by atoms with van der Waals surface area (Å²) in [6.45, 7) is -0.250. The minimum Gasteiger partial charge on any atom is -0.484 e. The number of benzene rings is 3. The number of amides is 2. The second kappa shape index (κ2) is 16.0. The van der Waals surface area contributed by atoms with E-state index < -0.39 is 32.0 Å². The zero-order valence-corrected chi connectivity index (χ0v) is 24.7. The Labute approximate surface area is 247 Å². The van der Waals surface area contributed by atoms with Gasteiger partial charge >= 0.3 is 14.0 Å². The lowest BCUT2D eigenvalue weighted by Gasteiger charge is -2.31. The molecule has 3 aromatic rings. The number of ether oxygens (including phenoxy) is 2. The highest BCUT2D eigenvalue weighted by Gasteiger charge is 2.33. The van der Waals surface area contributed by atoms with Gasteiger partial charge in [-0.15, -0.1) is 4.52 Å². The largest absolute Gasteiger partial charge is 0.520 e. The lowest BCUT2D eigenvalue weighted by molar-refractivity contribution is -0.137. The molecule has 1 fully saturated rings. The Morgan fingerprint density at radius 3 is 2.36 bits per heavy atom. The topological polar surface area (TPSA) is 120 Å². The van der Waals surface area contributed by atoms with Crippen molar-refractivity contribution in [1.82, 2.24) is 10.6 Å². The van der Waals surface area contributed by atoms with E-state index in [1.54, 1.807) is 0 Å². The predicted octanol–water partition coefficient (Wildman–Crippen LogP) is 4.94. The van der Waals surface area contributed by atoms with Gasteiger partial charge in [0.05, 0.1) is 13.2 Å². The molecule has 0 aromatic heterocycles. The van der Waals surface area contributed by atoms with Gasteiger partial charge in [-0.3, -0.25) is 9.59 Å². The van der Waals surface area contributed by atoms with Crippen LogP contribution < -0.4 is 15.4 Å². The minimum absolute atomic E-state index is 0.000315. The summed E-state index contributed by atoms with van der Waals surface area (Å²) in [5, 5.41) is 7.98. The van der Waals surface area contributed by atoms with Gasteiger partial charge in [-0.2, -0.15) is 0 Å². The normalized spacial score (nSPS) is 15.3. The van der Waals surface area contributed by atoms with E-state index in [1.165, 1.54) is 7.11 Å². The van der Waals surface area contributed by atoms with Crippen LogP contribution in [0.2, 0.25) is 0 Å². The second-order valence-electron chi connectivity index (χ2n) is 10.5. The van der Waals surface area contributed by atoms with Gasteiger partial charge in [0, 0.05) is 6.42 Å². The van der Waals surface area contributed by atoms with Crippen molar-refractivity contribution in [1.29, 1.82) is 0 Å². The number of rotatable bonds is 14. The Kier molecular flexibility index (Phi) is 11.9. The van der Waals surface area contributed by atoms with Crippen LogP contribution in [0.3, 0.4) is 0 Å². The maximum atomic E-state index is 13.7. The Hall–Kier alpha value is -3.81. The van der Waals surface area contributed by atoms with Gasteiger partial charge in [0.1, 0.15) is 18.4 Å². The maximum absolute atomic E-state index is 13.7. The van der Waals surface area contributed by atoms with Crippen LogP contribution >= 0.6 is 8.03 Å². The molecule has 2 N–H and O–H groups in total. The highest BCUT2D eigenvalue weighted by atomic mass is 31.1. The standard InChI is InChI=1S/C32H37N2O7P/c1-39-31(36)22-42(38)41-20-29(25-13-6-3-7-14-25)34-32(37)28(18-23-10-4-2-5-11-23)33-30(35)21-40-27-17-16-24-12-8-9-15-26(24)19-27/h2,4-5,8-12,15-17,19,25,28-29H,3,6-7,13-14,18,20-22H2,1H3,(H-,33,34,35,37)/p+1/t28-,29?/m0/s1. The molecule has 1 saturated carbocycles. The second-order valence-corrected chi connectivity index (χ2v) is 11.7. The number of methoxy groups -OCH3 is 1. The number of carbonyl (C=O) groups excluding carboxylic acids is 3. The fourth-order valence-electron chi connectivity index (χ4n) is 5.20. The Balaban J connectivity index is 1.42. The minimum atomic E-state index is -2.27. The van der Waals surface area contributed by atoms with Gasteiger partial charge in [0.25, 0.3) is 12.1 Å². The average molecular weight is 594 g/mol. The molecule has 2 amide bonds. The van der Waals surface area contributed by atoms with Crippen LogP contribution in [-0.4, -0.2) is 56.4 Å². The molecule has 2 unspecified atom stereocenters. The summed E-state index contributed by atoms with van der Waals surface area (Å²) in [6, 6.07) is 21.7. The van der Waals surface area contributed by atoms with E-state index in [1.807, 2.05) is 72.8 Å². The van der Waals surface area contributed by atoms with Gasteiger partial charge in [0.15, 0.2) is 6.61 Å². The molecule has 0 radical (unpaired) electrons. The van der Waals surface area contributed by atoms with Gasteiger partial charge in [-0.05, 0) is 51.8 Å². The number of carbonyl (C=O) groups is 3. The molecule has 222 valence electrons. The molecule has 1 aliphatic carbocycles.